The summed E-state index contributed by atoms with van der Waals surface area (Å²) in [5, 5.41) is 17.1. The molecule has 2 rings (SSSR count). The van der Waals surface area contributed by atoms with E-state index >= 15 is 0 Å². The van der Waals surface area contributed by atoms with Crippen molar-refractivity contribution < 1.29 is 14.6 Å². The smallest absolute Gasteiger partial charge is 0.358 e. The topological polar surface area (TPSA) is 77.2 Å². The van der Waals surface area contributed by atoms with Crippen LogP contribution in [0, 0.1) is 6.92 Å². The maximum Gasteiger partial charge on any atom is 0.358 e. The molecule has 0 atom stereocenters. The third-order valence-electron chi connectivity index (χ3n) is 3.94. The summed E-state index contributed by atoms with van der Waals surface area (Å²) in [7, 11) is 0. The van der Waals surface area contributed by atoms with Crippen LogP contribution in [0.1, 0.15) is 54.4 Å². The van der Waals surface area contributed by atoms with Gasteiger partial charge in [-0.25, -0.2) is 9.48 Å². The van der Waals surface area contributed by atoms with Crippen molar-refractivity contribution in [2.75, 3.05) is 6.61 Å². The molecule has 1 N–H and O–H groups in total. The minimum Gasteiger partial charge on any atom is -0.492 e. The fourth-order valence-corrected chi connectivity index (χ4v) is 2.60. The molecule has 0 saturated carbocycles. The van der Waals surface area contributed by atoms with Gasteiger partial charge in [-0.3, -0.25) is 0 Å². The van der Waals surface area contributed by atoms with Crippen molar-refractivity contribution in [1.29, 1.82) is 0 Å². The molecule has 1 aromatic carbocycles. The molecular formula is C17H23N3O3. The number of hydrogen-bond donors (Lipinski definition) is 1. The van der Waals surface area contributed by atoms with Gasteiger partial charge in [-0.1, -0.05) is 36.8 Å². The highest BCUT2D eigenvalue weighted by atomic mass is 16.5. The summed E-state index contributed by atoms with van der Waals surface area (Å²) in [5.41, 5.74) is 1.92. The fourth-order valence-electron chi connectivity index (χ4n) is 2.60. The van der Waals surface area contributed by atoms with Crippen molar-refractivity contribution in [3.05, 3.63) is 41.2 Å². The molecule has 124 valence electrons. The minimum absolute atomic E-state index is 0.0500. The molecule has 0 amide bonds. The fraction of sp³-hybridized carbons (Fsp3) is 0.471. The van der Waals surface area contributed by atoms with Crippen molar-refractivity contribution in [1.82, 2.24) is 15.0 Å². The van der Waals surface area contributed by atoms with Crippen molar-refractivity contribution in [2.45, 2.75) is 46.1 Å². The lowest BCUT2D eigenvalue weighted by Crippen LogP contribution is -2.16. The van der Waals surface area contributed by atoms with Gasteiger partial charge in [-0.2, -0.15) is 0 Å². The van der Waals surface area contributed by atoms with Gasteiger partial charge < -0.3 is 9.84 Å². The Hall–Kier alpha value is -2.37. The van der Waals surface area contributed by atoms with Crippen LogP contribution in [-0.2, 0) is 6.54 Å². The Morgan fingerprint density at radius 1 is 1.26 bits per heavy atom. The van der Waals surface area contributed by atoms with Crippen molar-refractivity contribution in [3.63, 3.8) is 0 Å². The van der Waals surface area contributed by atoms with Crippen LogP contribution in [0.25, 0.3) is 0 Å². The molecule has 23 heavy (non-hydrogen) atoms. The zero-order chi connectivity index (χ0) is 16.8. The molecule has 6 nitrogen and oxygen atoms in total. The summed E-state index contributed by atoms with van der Waals surface area (Å²) < 4.78 is 7.36. The van der Waals surface area contributed by atoms with Gasteiger partial charge >= 0.3 is 5.97 Å². The number of aromatic carboxylic acids is 1. The van der Waals surface area contributed by atoms with Crippen molar-refractivity contribution >= 4 is 5.97 Å². The quantitative estimate of drug-likeness (QED) is 0.808. The van der Waals surface area contributed by atoms with E-state index in [-0.39, 0.29) is 11.6 Å². The van der Waals surface area contributed by atoms with Gasteiger partial charge in [0.2, 0.25) is 0 Å². The summed E-state index contributed by atoms with van der Waals surface area (Å²) >= 11 is 0. The Morgan fingerprint density at radius 3 is 2.48 bits per heavy atom. The first-order valence-electron chi connectivity index (χ1n) is 7.92. The number of aromatic nitrogens is 3. The number of aryl methyl sites for hydroxylation is 1. The number of carboxylic acids is 1. The van der Waals surface area contributed by atoms with E-state index < -0.39 is 5.97 Å². The highest BCUT2D eigenvalue weighted by molar-refractivity contribution is 5.86. The van der Waals surface area contributed by atoms with Crippen LogP contribution in [-0.4, -0.2) is 32.7 Å². The largest absolute Gasteiger partial charge is 0.492 e. The molecule has 1 aromatic heterocycles. The molecular weight excluding hydrogens is 294 g/mol. The van der Waals surface area contributed by atoms with Crippen LogP contribution in [0.5, 0.6) is 5.75 Å². The summed E-state index contributed by atoms with van der Waals surface area (Å²) in [6, 6.07) is 7.81. The van der Waals surface area contributed by atoms with Crippen LogP contribution in [0.2, 0.25) is 0 Å². The molecule has 0 aliphatic heterocycles. The van der Waals surface area contributed by atoms with E-state index in [4.69, 9.17) is 4.74 Å². The lowest BCUT2D eigenvalue weighted by molar-refractivity contribution is 0.0688. The van der Waals surface area contributed by atoms with E-state index in [0.29, 0.717) is 18.8 Å². The lowest BCUT2D eigenvalue weighted by Gasteiger charge is -2.15. The highest BCUT2D eigenvalue weighted by Gasteiger charge is 2.24. The molecule has 0 aliphatic carbocycles. The maximum absolute atomic E-state index is 11.4. The Balaban J connectivity index is 2.10. The molecule has 1 heterocycles. The Morgan fingerprint density at radius 2 is 1.91 bits per heavy atom. The standard InChI is InChI=1S/C17H23N3O3/c1-4-13(5-2)16-15(17(21)22)18-19-20(16)10-11-23-14-8-6-12(3)7-9-14/h6-9,13H,4-5,10-11H2,1-3H3,(H,21,22). The number of rotatable bonds is 8. The second-order valence-corrected chi connectivity index (χ2v) is 5.53. The number of benzene rings is 1. The summed E-state index contributed by atoms with van der Waals surface area (Å²) in [6.07, 6.45) is 1.70. The zero-order valence-corrected chi connectivity index (χ0v) is 13.8. The SMILES string of the molecule is CCC(CC)c1c(C(=O)O)nnn1CCOc1ccc(C)cc1. The van der Waals surface area contributed by atoms with Gasteiger partial charge in [0, 0.05) is 5.92 Å². The Bertz CT molecular complexity index is 646. The van der Waals surface area contributed by atoms with Gasteiger partial charge in [0.15, 0.2) is 5.69 Å². The van der Waals surface area contributed by atoms with Crippen molar-refractivity contribution in [3.8, 4) is 5.75 Å². The van der Waals surface area contributed by atoms with Crippen LogP contribution in [0.15, 0.2) is 24.3 Å². The number of nitrogens with zero attached hydrogens (tertiary/aromatic N) is 3. The molecule has 0 fully saturated rings. The predicted molar refractivity (Wildman–Crippen MR) is 87.0 cm³/mol. The average molecular weight is 317 g/mol. The molecule has 0 bridgehead atoms. The molecule has 6 heteroatoms. The Labute approximate surface area is 136 Å². The third-order valence-corrected chi connectivity index (χ3v) is 3.94. The molecule has 2 aromatic rings. The zero-order valence-electron chi connectivity index (χ0n) is 13.8. The maximum atomic E-state index is 11.4. The van der Waals surface area contributed by atoms with Crippen LogP contribution in [0.4, 0.5) is 0 Å². The van der Waals surface area contributed by atoms with E-state index in [2.05, 4.69) is 10.3 Å². The first-order valence-corrected chi connectivity index (χ1v) is 7.92. The summed E-state index contributed by atoms with van der Waals surface area (Å²) in [5.74, 6) is -0.105. The summed E-state index contributed by atoms with van der Waals surface area (Å²) in [4.78, 5) is 11.4. The second kappa shape index (κ2) is 7.76. The second-order valence-electron chi connectivity index (χ2n) is 5.53. The van der Waals surface area contributed by atoms with Gasteiger partial charge in [0.25, 0.3) is 0 Å². The van der Waals surface area contributed by atoms with Gasteiger partial charge in [0.05, 0.1) is 12.2 Å². The van der Waals surface area contributed by atoms with Crippen molar-refractivity contribution in [2.24, 2.45) is 0 Å². The van der Waals surface area contributed by atoms with Gasteiger partial charge in [-0.05, 0) is 31.9 Å². The van der Waals surface area contributed by atoms with E-state index in [0.717, 1.165) is 18.6 Å². The van der Waals surface area contributed by atoms with E-state index in [1.165, 1.54) is 5.56 Å². The van der Waals surface area contributed by atoms with Gasteiger partial charge in [0.1, 0.15) is 12.4 Å². The highest BCUT2D eigenvalue weighted by Crippen LogP contribution is 2.25. The number of ether oxygens (including phenoxy) is 1. The number of carbonyl (C=O) groups is 1. The van der Waals surface area contributed by atoms with E-state index in [9.17, 15) is 9.90 Å². The predicted octanol–water partition coefficient (Wildman–Crippen LogP) is 3.27. The first kappa shape index (κ1) is 17.0. The molecule has 0 aliphatic rings. The number of hydrogen-bond acceptors (Lipinski definition) is 4. The monoisotopic (exact) mass is 317 g/mol. The normalized spacial score (nSPS) is 11.0. The molecule has 0 saturated heterocycles. The van der Waals surface area contributed by atoms with Gasteiger partial charge in [-0.15, -0.1) is 5.10 Å². The molecule has 0 spiro atoms. The third kappa shape index (κ3) is 4.09. The molecule has 0 radical (unpaired) electrons. The average Bonchev–Trinajstić information content (AvgIpc) is 2.95. The minimum atomic E-state index is -1.03. The number of carboxylic acid groups (broad SMARTS) is 1. The molecule has 0 unspecified atom stereocenters. The van der Waals surface area contributed by atoms with E-state index in [1.807, 2.05) is 45.0 Å². The van der Waals surface area contributed by atoms with Crippen LogP contribution in [0.3, 0.4) is 0 Å². The summed E-state index contributed by atoms with van der Waals surface area (Å²) in [6.45, 7) is 6.99. The first-order chi connectivity index (χ1) is 11.1. The van der Waals surface area contributed by atoms with E-state index in [1.54, 1.807) is 4.68 Å². The van der Waals surface area contributed by atoms with Crippen LogP contribution < -0.4 is 4.74 Å². The lowest BCUT2D eigenvalue weighted by atomic mass is 9.97. The van der Waals surface area contributed by atoms with Crippen LogP contribution >= 0.6 is 0 Å². The Kier molecular flexibility index (Phi) is 5.73.